The van der Waals surface area contributed by atoms with Gasteiger partial charge in [0.25, 0.3) is 0 Å². The maximum absolute atomic E-state index is 10.6. The fourth-order valence-corrected chi connectivity index (χ4v) is 1.71. The van der Waals surface area contributed by atoms with Crippen molar-refractivity contribution in [1.82, 2.24) is 0 Å². The number of hydrogen-bond acceptors (Lipinski definition) is 3. The number of aromatic carboxylic acids is 1. The Hall–Kier alpha value is -1.29. The molecule has 16 heavy (non-hydrogen) atoms. The maximum Gasteiger partial charge on any atom is 0.159 e. The predicted octanol–water partition coefficient (Wildman–Crippen LogP) is -0.154. The molecule has 0 bridgehead atoms. The Bertz CT molecular complexity index is 363. The molecule has 0 aromatic carbocycles. The largest absolute Gasteiger partial charge is 0.542 e. The Balaban J connectivity index is 2.75. The first-order valence-corrected chi connectivity index (χ1v) is 5.49. The zero-order valence-electron chi connectivity index (χ0n) is 10.3. The van der Waals surface area contributed by atoms with Crippen LogP contribution in [0.1, 0.15) is 44.0 Å². The fourth-order valence-electron chi connectivity index (χ4n) is 1.71. The second kappa shape index (κ2) is 4.70. The molecule has 0 saturated carbocycles. The van der Waals surface area contributed by atoms with Crippen LogP contribution < -0.4 is 10.0 Å². The van der Waals surface area contributed by atoms with E-state index in [2.05, 4.69) is 27.7 Å². The van der Waals surface area contributed by atoms with Crippen LogP contribution >= 0.6 is 0 Å². The van der Waals surface area contributed by atoms with E-state index < -0.39 is 5.97 Å². The summed E-state index contributed by atoms with van der Waals surface area (Å²) < 4.78 is 5.19. The molecule has 1 aromatic heterocycles. The van der Waals surface area contributed by atoms with Crippen molar-refractivity contribution in [3.05, 3.63) is 23.7 Å². The second-order valence-corrected chi connectivity index (χ2v) is 4.94. The van der Waals surface area contributed by atoms with E-state index in [4.69, 9.17) is 4.42 Å². The van der Waals surface area contributed by atoms with Crippen LogP contribution in [0.25, 0.3) is 0 Å². The first kappa shape index (κ1) is 12.8. The number of nitrogens with one attached hydrogen (secondary N) is 1. The van der Waals surface area contributed by atoms with Gasteiger partial charge in [0.2, 0.25) is 0 Å². The predicted molar refractivity (Wildman–Crippen MR) is 58.0 cm³/mol. The van der Waals surface area contributed by atoms with Crippen molar-refractivity contribution < 1.29 is 19.2 Å². The van der Waals surface area contributed by atoms with Gasteiger partial charge in [-0.05, 0) is 39.8 Å². The third kappa shape index (κ3) is 3.10. The highest BCUT2D eigenvalue weighted by molar-refractivity contribution is 5.82. The highest BCUT2D eigenvalue weighted by Gasteiger charge is 2.24. The summed E-state index contributed by atoms with van der Waals surface area (Å²) in [6.45, 7) is 10.2. The van der Waals surface area contributed by atoms with E-state index in [1.807, 2.05) is 0 Å². The Morgan fingerprint density at radius 3 is 2.44 bits per heavy atom. The number of carbonyl (C=O) groups excluding carboxylic acids is 1. The topological polar surface area (TPSA) is 57.7 Å². The van der Waals surface area contributed by atoms with Crippen LogP contribution in [0, 0.1) is 0 Å². The van der Waals surface area contributed by atoms with Crippen LogP contribution in [-0.4, -0.2) is 18.1 Å². The number of carbonyl (C=O) groups is 1. The smallest absolute Gasteiger partial charge is 0.159 e. The Labute approximate surface area is 95.9 Å². The Kier molecular flexibility index (Phi) is 3.75. The molecule has 0 saturated heterocycles. The molecule has 0 amide bonds. The van der Waals surface area contributed by atoms with Crippen LogP contribution in [0.2, 0.25) is 0 Å². The summed E-state index contributed by atoms with van der Waals surface area (Å²) in [6, 6.07) is 3.15. The normalized spacial score (nSPS) is 13.8. The van der Waals surface area contributed by atoms with Gasteiger partial charge in [0.1, 0.15) is 18.3 Å². The van der Waals surface area contributed by atoms with Gasteiger partial charge in [0.15, 0.2) is 5.76 Å². The van der Waals surface area contributed by atoms with Gasteiger partial charge < -0.3 is 19.2 Å². The number of carboxylic acid groups (broad SMARTS) is 1. The van der Waals surface area contributed by atoms with Crippen molar-refractivity contribution >= 4 is 5.97 Å². The number of rotatable bonds is 4. The molecule has 4 nitrogen and oxygen atoms in total. The summed E-state index contributed by atoms with van der Waals surface area (Å²) in [7, 11) is 0. The summed E-state index contributed by atoms with van der Waals surface area (Å²) in [4.78, 5) is 11.9. The zero-order valence-corrected chi connectivity index (χ0v) is 10.3. The van der Waals surface area contributed by atoms with Crippen molar-refractivity contribution in [2.75, 3.05) is 6.54 Å². The highest BCUT2D eigenvalue weighted by atomic mass is 16.4. The standard InChI is InChI=1S/C12H19NO3/c1-5-13(12(2,3)4)8-9-6-7-10(16-9)11(14)15/h6-7H,5,8H2,1-4H3,(H,14,15). The van der Waals surface area contributed by atoms with E-state index in [0.717, 1.165) is 6.54 Å². The monoisotopic (exact) mass is 225 g/mol. The molecule has 0 fully saturated rings. The van der Waals surface area contributed by atoms with Crippen molar-refractivity contribution in [2.24, 2.45) is 0 Å². The van der Waals surface area contributed by atoms with Crippen molar-refractivity contribution in [3.8, 4) is 0 Å². The molecule has 4 heteroatoms. The summed E-state index contributed by atoms with van der Waals surface area (Å²) >= 11 is 0. The number of furan rings is 1. The first-order valence-electron chi connectivity index (χ1n) is 5.49. The van der Waals surface area contributed by atoms with Gasteiger partial charge in [-0.3, -0.25) is 0 Å². The van der Waals surface area contributed by atoms with E-state index >= 15 is 0 Å². The third-order valence-electron chi connectivity index (χ3n) is 2.74. The SMILES string of the molecule is CC[NH+](Cc1ccc(C(=O)[O-])o1)C(C)(C)C. The summed E-state index contributed by atoms with van der Waals surface area (Å²) in [5.74, 6) is -0.676. The van der Waals surface area contributed by atoms with Crippen LogP contribution in [0.15, 0.2) is 16.5 Å². The number of hydrogen-bond donors (Lipinski definition) is 1. The summed E-state index contributed by atoms with van der Waals surface area (Å²) in [6.07, 6.45) is 0. The molecular weight excluding hydrogens is 206 g/mol. The van der Waals surface area contributed by atoms with Crippen LogP contribution in [0.4, 0.5) is 0 Å². The lowest BCUT2D eigenvalue weighted by Crippen LogP contribution is -3.17. The number of carboxylic acids is 1. The molecule has 1 unspecified atom stereocenters. The molecule has 1 aromatic rings. The quantitative estimate of drug-likeness (QED) is 0.775. The van der Waals surface area contributed by atoms with E-state index in [0.29, 0.717) is 12.3 Å². The van der Waals surface area contributed by atoms with E-state index in [1.54, 1.807) is 6.07 Å². The van der Waals surface area contributed by atoms with Gasteiger partial charge >= 0.3 is 0 Å². The van der Waals surface area contributed by atoms with Crippen molar-refractivity contribution in [2.45, 2.75) is 39.8 Å². The number of quaternary nitrogens is 1. The Morgan fingerprint density at radius 1 is 1.44 bits per heavy atom. The summed E-state index contributed by atoms with van der Waals surface area (Å²) in [5, 5.41) is 10.6. The lowest BCUT2D eigenvalue weighted by atomic mass is 10.1. The van der Waals surface area contributed by atoms with Crippen molar-refractivity contribution in [3.63, 3.8) is 0 Å². The second-order valence-electron chi connectivity index (χ2n) is 4.94. The first-order chi connectivity index (χ1) is 7.34. The van der Waals surface area contributed by atoms with Crippen molar-refractivity contribution in [1.29, 1.82) is 0 Å². The maximum atomic E-state index is 10.6. The fraction of sp³-hybridized carbons (Fsp3) is 0.583. The molecule has 0 aliphatic carbocycles. The molecule has 0 aliphatic rings. The van der Waals surface area contributed by atoms with E-state index in [9.17, 15) is 9.90 Å². The average Bonchev–Trinajstić information content (AvgIpc) is 2.60. The van der Waals surface area contributed by atoms with Gasteiger partial charge in [-0.25, -0.2) is 0 Å². The van der Waals surface area contributed by atoms with E-state index in [-0.39, 0.29) is 11.3 Å². The van der Waals surface area contributed by atoms with Crippen LogP contribution in [0.3, 0.4) is 0 Å². The van der Waals surface area contributed by atoms with Gasteiger partial charge in [-0.1, -0.05) is 0 Å². The molecule has 90 valence electrons. The molecule has 0 radical (unpaired) electrons. The minimum atomic E-state index is -1.26. The molecular formula is C12H19NO3. The Morgan fingerprint density at radius 2 is 2.06 bits per heavy atom. The third-order valence-corrected chi connectivity index (χ3v) is 2.74. The molecule has 1 atom stereocenters. The molecule has 1 rings (SSSR count). The lowest BCUT2D eigenvalue weighted by molar-refractivity contribution is -0.958. The van der Waals surface area contributed by atoms with Gasteiger partial charge in [0.05, 0.1) is 12.1 Å². The van der Waals surface area contributed by atoms with Crippen LogP contribution in [0.5, 0.6) is 0 Å². The zero-order chi connectivity index (χ0) is 12.3. The highest BCUT2D eigenvalue weighted by Crippen LogP contribution is 2.06. The average molecular weight is 225 g/mol. The minimum absolute atomic E-state index is 0.0978. The van der Waals surface area contributed by atoms with Gasteiger partial charge in [0, 0.05) is 0 Å². The minimum Gasteiger partial charge on any atom is -0.542 e. The molecule has 0 spiro atoms. The van der Waals surface area contributed by atoms with Gasteiger partial charge in [-0.2, -0.15) is 0 Å². The molecule has 1 heterocycles. The van der Waals surface area contributed by atoms with Crippen LogP contribution in [-0.2, 0) is 6.54 Å². The summed E-state index contributed by atoms with van der Waals surface area (Å²) in [5.41, 5.74) is 0.114. The van der Waals surface area contributed by atoms with Gasteiger partial charge in [-0.15, -0.1) is 0 Å². The lowest BCUT2D eigenvalue weighted by Gasteiger charge is -2.30. The van der Waals surface area contributed by atoms with E-state index in [1.165, 1.54) is 11.0 Å². The molecule has 1 N–H and O–H groups in total. The molecule has 0 aliphatic heterocycles.